The first-order valence-electron chi connectivity index (χ1n) is 8.41. The molecule has 0 rings (SSSR count). The highest BCUT2D eigenvalue weighted by atomic mass is 35.5. The molecule has 131 valence electrons. The molecule has 0 aromatic heterocycles. The van der Waals surface area contributed by atoms with Gasteiger partial charge in [-0.05, 0) is 19.8 Å². The SMILES string of the molecule is [CH2]CC(=O)CCC(=O)CCC(=O)CCC(=O)CCCCCCCl. The Labute approximate surface area is 144 Å². The van der Waals surface area contributed by atoms with Crippen LogP contribution >= 0.6 is 11.6 Å². The predicted molar refractivity (Wildman–Crippen MR) is 91.5 cm³/mol. The fourth-order valence-electron chi connectivity index (χ4n) is 2.11. The van der Waals surface area contributed by atoms with Crippen LogP contribution in [0.15, 0.2) is 0 Å². The van der Waals surface area contributed by atoms with Crippen molar-refractivity contribution in [3.63, 3.8) is 0 Å². The molecule has 0 aliphatic heterocycles. The van der Waals surface area contributed by atoms with Crippen LogP contribution in [0.25, 0.3) is 0 Å². The molecule has 4 nitrogen and oxygen atoms in total. The van der Waals surface area contributed by atoms with Crippen LogP contribution in [0, 0.1) is 6.92 Å². The zero-order valence-electron chi connectivity index (χ0n) is 13.9. The van der Waals surface area contributed by atoms with E-state index in [2.05, 4.69) is 6.92 Å². The van der Waals surface area contributed by atoms with Crippen LogP contribution in [0.3, 0.4) is 0 Å². The van der Waals surface area contributed by atoms with Gasteiger partial charge in [0.25, 0.3) is 0 Å². The summed E-state index contributed by atoms with van der Waals surface area (Å²) in [6.45, 7) is 3.46. The molecule has 0 aromatic rings. The Morgan fingerprint density at radius 1 is 0.565 bits per heavy atom. The van der Waals surface area contributed by atoms with E-state index < -0.39 is 0 Å². The fourth-order valence-corrected chi connectivity index (χ4v) is 2.30. The number of ketones is 4. The van der Waals surface area contributed by atoms with Crippen LogP contribution in [0.1, 0.15) is 77.0 Å². The summed E-state index contributed by atoms with van der Waals surface area (Å²) in [5, 5.41) is 0. The predicted octanol–water partition coefficient (Wildman–Crippen LogP) is 4.02. The lowest BCUT2D eigenvalue weighted by Gasteiger charge is -2.02. The maximum Gasteiger partial charge on any atom is 0.133 e. The van der Waals surface area contributed by atoms with Gasteiger partial charge in [0, 0.05) is 57.2 Å². The summed E-state index contributed by atoms with van der Waals surface area (Å²) < 4.78 is 0. The Balaban J connectivity index is 3.64. The molecular weight excluding hydrogens is 316 g/mol. The first-order valence-corrected chi connectivity index (χ1v) is 8.95. The van der Waals surface area contributed by atoms with E-state index in [1.165, 1.54) is 0 Å². The van der Waals surface area contributed by atoms with Crippen molar-refractivity contribution >= 4 is 34.7 Å². The third-order valence-electron chi connectivity index (χ3n) is 3.67. The van der Waals surface area contributed by atoms with Gasteiger partial charge in [-0.1, -0.05) is 12.8 Å². The second kappa shape index (κ2) is 14.6. The lowest BCUT2D eigenvalue weighted by molar-refractivity contribution is -0.127. The molecule has 0 spiro atoms. The Kier molecular flexibility index (Phi) is 13.9. The van der Waals surface area contributed by atoms with Crippen LogP contribution in [-0.2, 0) is 19.2 Å². The van der Waals surface area contributed by atoms with Crippen LogP contribution in [0.5, 0.6) is 0 Å². The van der Waals surface area contributed by atoms with Gasteiger partial charge in [-0.2, -0.15) is 0 Å². The number of Topliss-reactive ketones (excluding diaryl/α,β-unsaturated/α-hetero) is 4. The van der Waals surface area contributed by atoms with Crippen molar-refractivity contribution in [3.8, 4) is 0 Å². The van der Waals surface area contributed by atoms with E-state index in [0.29, 0.717) is 12.3 Å². The van der Waals surface area contributed by atoms with E-state index in [0.717, 1.165) is 25.7 Å². The smallest absolute Gasteiger partial charge is 0.133 e. The van der Waals surface area contributed by atoms with Crippen molar-refractivity contribution in [2.45, 2.75) is 77.0 Å². The molecule has 0 saturated carbocycles. The zero-order chi connectivity index (χ0) is 17.5. The molecule has 0 atom stereocenters. The number of carbonyl (C=O) groups excluding carboxylic acids is 4. The lowest BCUT2D eigenvalue weighted by Crippen LogP contribution is -2.08. The van der Waals surface area contributed by atoms with Gasteiger partial charge in [-0.25, -0.2) is 0 Å². The zero-order valence-corrected chi connectivity index (χ0v) is 14.7. The number of unbranched alkanes of at least 4 members (excludes halogenated alkanes) is 3. The summed E-state index contributed by atoms with van der Waals surface area (Å²) in [5.41, 5.74) is 0. The van der Waals surface area contributed by atoms with E-state index in [9.17, 15) is 19.2 Å². The number of hydrogen-bond donors (Lipinski definition) is 0. The Morgan fingerprint density at radius 2 is 0.957 bits per heavy atom. The Hall–Kier alpha value is -1.03. The standard InChI is InChI=1S/C18H28ClO4/c1-2-15(20)8-9-17(22)12-13-18(23)11-10-16(21)7-5-3-4-6-14-19/h1-14H2. The summed E-state index contributed by atoms with van der Waals surface area (Å²) in [4.78, 5) is 45.9. The number of rotatable bonds is 16. The van der Waals surface area contributed by atoms with E-state index in [1.54, 1.807) is 0 Å². The summed E-state index contributed by atoms with van der Waals surface area (Å²) in [6, 6.07) is 0. The summed E-state index contributed by atoms with van der Waals surface area (Å²) >= 11 is 5.57. The Morgan fingerprint density at radius 3 is 1.39 bits per heavy atom. The maximum absolute atomic E-state index is 11.7. The van der Waals surface area contributed by atoms with Gasteiger partial charge >= 0.3 is 0 Å². The molecular formula is C18H28ClO4. The summed E-state index contributed by atoms with van der Waals surface area (Å²) in [7, 11) is 0. The van der Waals surface area contributed by atoms with E-state index in [-0.39, 0.29) is 68.1 Å². The number of alkyl halides is 1. The molecule has 0 saturated heterocycles. The Bertz CT molecular complexity index is 390. The van der Waals surface area contributed by atoms with E-state index in [4.69, 9.17) is 11.6 Å². The monoisotopic (exact) mass is 343 g/mol. The van der Waals surface area contributed by atoms with Crippen LogP contribution in [-0.4, -0.2) is 29.0 Å². The highest BCUT2D eigenvalue weighted by molar-refractivity contribution is 6.17. The third kappa shape index (κ3) is 14.3. The highest BCUT2D eigenvalue weighted by Crippen LogP contribution is 2.09. The van der Waals surface area contributed by atoms with Gasteiger partial charge in [0.15, 0.2) is 0 Å². The largest absolute Gasteiger partial charge is 0.300 e. The van der Waals surface area contributed by atoms with Gasteiger partial charge in [0.05, 0.1) is 0 Å². The minimum Gasteiger partial charge on any atom is -0.300 e. The summed E-state index contributed by atoms with van der Waals surface area (Å²) in [6.07, 6.45) is 5.76. The van der Waals surface area contributed by atoms with Gasteiger partial charge < -0.3 is 0 Å². The molecule has 0 aromatic carbocycles. The van der Waals surface area contributed by atoms with Crippen molar-refractivity contribution in [1.29, 1.82) is 0 Å². The van der Waals surface area contributed by atoms with Gasteiger partial charge in [-0.3, -0.25) is 19.2 Å². The molecule has 1 radical (unpaired) electrons. The number of halogens is 1. The van der Waals surface area contributed by atoms with Crippen LogP contribution < -0.4 is 0 Å². The molecule has 0 fully saturated rings. The first kappa shape index (κ1) is 22.0. The van der Waals surface area contributed by atoms with Gasteiger partial charge in [-0.15, -0.1) is 11.6 Å². The average molecular weight is 344 g/mol. The summed E-state index contributed by atoms with van der Waals surface area (Å²) in [5.74, 6) is 0.589. The maximum atomic E-state index is 11.7. The molecule has 0 N–H and O–H groups in total. The second-order valence-electron chi connectivity index (χ2n) is 5.76. The topological polar surface area (TPSA) is 68.3 Å². The molecule has 0 aliphatic carbocycles. The average Bonchev–Trinajstić information content (AvgIpc) is 2.55. The molecule has 0 amide bonds. The minimum atomic E-state index is -0.0780. The molecule has 0 unspecified atom stereocenters. The number of carbonyl (C=O) groups is 4. The normalized spacial score (nSPS) is 10.5. The second-order valence-corrected chi connectivity index (χ2v) is 6.14. The van der Waals surface area contributed by atoms with Crippen molar-refractivity contribution in [3.05, 3.63) is 6.92 Å². The molecule has 5 heteroatoms. The van der Waals surface area contributed by atoms with Crippen molar-refractivity contribution in [1.82, 2.24) is 0 Å². The van der Waals surface area contributed by atoms with Crippen molar-refractivity contribution < 1.29 is 19.2 Å². The lowest BCUT2D eigenvalue weighted by atomic mass is 10.0. The number of hydrogen-bond acceptors (Lipinski definition) is 4. The van der Waals surface area contributed by atoms with Gasteiger partial charge in [0.1, 0.15) is 23.1 Å². The van der Waals surface area contributed by atoms with E-state index in [1.807, 2.05) is 0 Å². The van der Waals surface area contributed by atoms with Crippen LogP contribution in [0.2, 0.25) is 0 Å². The first-order chi connectivity index (χ1) is 11.0. The molecule has 0 bridgehead atoms. The third-order valence-corrected chi connectivity index (χ3v) is 3.93. The van der Waals surface area contributed by atoms with Crippen molar-refractivity contribution in [2.24, 2.45) is 0 Å². The fraction of sp³-hybridized carbons (Fsp3) is 0.722. The quantitative estimate of drug-likeness (QED) is 0.313. The molecule has 0 heterocycles. The minimum absolute atomic E-state index is 0.0404. The van der Waals surface area contributed by atoms with E-state index >= 15 is 0 Å². The molecule has 0 aliphatic rings. The molecule has 23 heavy (non-hydrogen) atoms. The van der Waals surface area contributed by atoms with Gasteiger partial charge in [0.2, 0.25) is 0 Å². The highest BCUT2D eigenvalue weighted by Gasteiger charge is 2.11. The van der Waals surface area contributed by atoms with Crippen LogP contribution in [0.4, 0.5) is 0 Å². The van der Waals surface area contributed by atoms with Crippen molar-refractivity contribution in [2.75, 3.05) is 5.88 Å².